The van der Waals surface area contributed by atoms with Crippen molar-refractivity contribution in [1.29, 1.82) is 5.26 Å². The first kappa shape index (κ1) is 12.5. The molecule has 0 bridgehead atoms. The van der Waals surface area contributed by atoms with Gasteiger partial charge in [-0.2, -0.15) is 5.26 Å². The Morgan fingerprint density at radius 3 is 2.62 bits per heavy atom. The van der Waals surface area contributed by atoms with Crippen LogP contribution in [0.3, 0.4) is 0 Å². The monoisotopic (exact) mass is 218 g/mol. The zero-order chi connectivity index (χ0) is 12.1. The number of nitriles is 1. The molecule has 0 saturated carbocycles. The molecular weight excluding hydrogens is 200 g/mol. The van der Waals surface area contributed by atoms with Crippen LogP contribution in [-0.2, 0) is 0 Å². The zero-order valence-corrected chi connectivity index (χ0v) is 10.2. The van der Waals surface area contributed by atoms with Gasteiger partial charge in [0.05, 0.1) is 0 Å². The van der Waals surface area contributed by atoms with Crippen molar-refractivity contribution in [3.8, 4) is 11.8 Å². The highest BCUT2D eigenvalue weighted by atomic mass is 16.5. The van der Waals surface area contributed by atoms with Gasteiger partial charge >= 0.3 is 0 Å². The Morgan fingerprint density at radius 2 is 2.06 bits per heavy atom. The lowest BCUT2D eigenvalue weighted by Crippen LogP contribution is -2.16. The highest BCUT2D eigenvalue weighted by molar-refractivity contribution is 5.39. The third-order valence-electron chi connectivity index (χ3n) is 2.55. The summed E-state index contributed by atoms with van der Waals surface area (Å²) in [4.78, 5) is 0. The number of nitrogens with one attached hydrogen (secondary N) is 1. The summed E-state index contributed by atoms with van der Waals surface area (Å²) < 4.78 is 5.60. The van der Waals surface area contributed by atoms with Crippen LogP contribution in [-0.4, -0.2) is 13.2 Å². The molecule has 16 heavy (non-hydrogen) atoms. The lowest BCUT2D eigenvalue weighted by atomic mass is 10.1. The predicted molar refractivity (Wildman–Crippen MR) is 64.4 cm³/mol. The smallest absolute Gasteiger partial charge is 0.181 e. The Morgan fingerprint density at radius 1 is 1.38 bits per heavy atom. The molecule has 0 aliphatic heterocycles. The van der Waals surface area contributed by atoms with Crippen molar-refractivity contribution in [2.24, 2.45) is 0 Å². The minimum absolute atomic E-state index is 0.210. The van der Waals surface area contributed by atoms with Crippen molar-refractivity contribution in [3.63, 3.8) is 0 Å². The van der Waals surface area contributed by atoms with Gasteiger partial charge in [0, 0.05) is 11.6 Å². The van der Waals surface area contributed by atoms with E-state index < -0.39 is 6.10 Å². The SMILES string of the molecule is CNC(C)c1ccc(C)cc1OC(C)C#N. The first-order valence-corrected chi connectivity index (χ1v) is 5.42. The van der Waals surface area contributed by atoms with Gasteiger partial charge < -0.3 is 10.1 Å². The van der Waals surface area contributed by atoms with Gasteiger partial charge in [-0.25, -0.2) is 0 Å². The average molecular weight is 218 g/mol. The van der Waals surface area contributed by atoms with Gasteiger partial charge in [0.25, 0.3) is 0 Å². The van der Waals surface area contributed by atoms with Gasteiger partial charge in [0.2, 0.25) is 0 Å². The lowest BCUT2D eigenvalue weighted by molar-refractivity contribution is 0.271. The fraction of sp³-hybridized carbons (Fsp3) is 0.462. The van der Waals surface area contributed by atoms with Gasteiger partial charge in [-0.05, 0) is 39.4 Å². The third-order valence-corrected chi connectivity index (χ3v) is 2.55. The second-order valence-corrected chi connectivity index (χ2v) is 3.94. The first-order valence-electron chi connectivity index (χ1n) is 5.42. The summed E-state index contributed by atoms with van der Waals surface area (Å²) >= 11 is 0. The summed E-state index contributed by atoms with van der Waals surface area (Å²) in [6, 6.07) is 8.34. The molecule has 0 amide bonds. The van der Waals surface area contributed by atoms with E-state index in [0.717, 1.165) is 16.9 Å². The highest BCUT2D eigenvalue weighted by Crippen LogP contribution is 2.26. The van der Waals surface area contributed by atoms with Crippen molar-refractivity contribution >= 4 is 0 Å². The van der Waals surface area contributed by atoms with Crippen molar-refractivity contribution < 1.29 is 4.74 Å². The molecule has 2 unspecified atom stereocenters. The van der Waals surface area contributed by atoms with Gasteiger partial charge in [0.1, 0.15) is 11.8 Å². The Balaban J connectivity index is 3.04. The van der Waals surface area contributed by atoms with Crippen molar-refractivity contribution in [2.75, 3.05) is 7.05 Å². The van der Waals surface area contributed by atoms with Crippen LogP contribution in [0.25, 0.3) is 0 Å². The molecule has 0 fully saturated rings. The minimum Gasteiger partial charge on any atom is -0.476 e. The normalized spacial score (nSPS) is 13.9. The molecule has 0 saturated heterocycles. The van der Waals surface area contributed by atoms with Crippen molar-refractivity contribution in [1.82, 2.24) is 5.32 Å². The largest absolute Gasteiger partial charge is 0.476 e. The number of benzene rings is 1. The quantitative estimate of drug-likeness (QED) is 0.844. The number of rotatable bonds is 4. The first-order chi connectivity index (χ1) is 7.58. The second kappa shape index (κ2) is 5.53. The minimum atomic E-state index is -0.426. The number of aryl methyl sites for hydroxylation is 1. The molecule has 2 atom stereocenters. The zero-order valence-electron chi connectivity index (χ0n) is 10.2. The molecule has 0 spiro atoms. The van der Waals surface area contributed by atoms with Crippen LogP contribution in [0.15, 0.2) is 18.2 Å². The Kier molecular flexibility index (Phi) is 4.33. The fourth-order valence-electron chi connectivity index (χ4n) is 1.47. The van der Waals surface area contributed by atoms with E-state index in [0.29, 0.717) is 0 Å². The summed E-state index contributed by atoms with van der Waals surface area (Å²) in [5.41, 5.74) is 2.21. The molecule has 3 nitrogen and oxygen atoms in total. The van der Waals surface area contributed by atoms with Gasteiger partial charge in [-0.1, -0.05) is 12.1 Å². The van der Waals surface area contributed by atoms with Gasteiger partial charge in [-0.3, -0.25) is 0 Å². The topological polar surface area (TPSA) is 45.0 Å². The highest BCUT2D eigenvalue weighted by Gasteiger charge is 2.12. The molecule has 86 valence electrons. The standard InChI is InChI=1S/C13H18N2O/c1-9-5-6-12(11(3)15-4)13(7-9)16-10(2)8-14/h5-7,10-11,15H,1-4H3. The molecular formula is C13H18N2O. The second-order valence-electron chi connectivity index (χ2n) is 3.94. The van der Waals surface area contributed by atoms with Crippen LogP contribution < -0.4 is 10.1 Å². The molecule has 3 heteroatoms. The summed E-state index contributed by atoms with van der Waals surface area (Å²) in [5, 5.41) is 11.9. The van der Waals surface area contributed by atoms with Crippen molar-refractivity contribution in [2.45, 2.75) is 32.9 Å². The van der Waals surface area contributed by atoms with Crippen LogP contribution in [0.5, 0.6) is 5.75 Å². The third kappa shape index (κ3) is 2.98. The summed E-state index contributed by atoms with van der Waals surface area (Å²) in [7, 11) is 1.90. The molecule has 0 aliphatic carbocycles. The number of nitrogens with zero attached hydrogens (tertiary/aromatic N) is 1. The Labute approximate surface area is 97.0 Å². The van der Waals surface area contributed by atoms with Gasteiger partial charge in [-0.15, -0.1) is 0 Å². The van der Waals surface area contributed by atoms with E-state index in [1.807, 2.05) is 32.2 Å². The summed E-state index contributed by atoms with van der Waals surface area (Å²) in [5.74, 6) is 0.788. The van der Waals surface area contributed by atoms with E-state index in [9.17, 15) is 0 Å². The Hall–Kier alpha value is -1.53. The molecule has 1 N–H and O–H groups in total. The Bertz CT molecular complexity index is 395. The lowest BCUT2D eigenvalue weighted by Gasteiger charge is -2.18. The van der Waals surface area contributed by atoms with E-state index in [1.165, 1.54) is 0 Å². The fourth-order valence-corrected chi connectivity index (χ4v) is 1.47. The average Bonchev–Trinajstić information content (AvgIpc) is 2.28. The van der Waals surface area contributed by atoms with Crippen LogP contribution in [0.1, 0.15) is 31.0 Å². The van der Waals surface area contributed by atoms with E-state index in [1.54, 1.807) is 6.92 Å². The van der Waals surface area contributed by atoms with Crippen molar-refractivity contribution in [3.05, 3.63) is 29.3 Å². The van der Waals surface area contributed by atoms with Crippen LogP contribution in [0.4, 0.5) is 0 Å². The molecule has 1 aromatic rings. The molecule has 0 aliphatic rings. The van der Waals surface area contributed by atoms with Gasteiger partial charge in [0.15, 0.2) is 6.10 Å². The number of hydrogen-bond donors (Lipinski definition) is 1. The van der Waals surface area contributed by atoms with E-state index in [2.05, 4.69) is 18.3 Å². The number of ether oxygens (including phenoxy) is 1. The van der Waals surface area contributed by atoms with Crippen LogP contribution in [0.2, 0.25) is 0 Å². The number of hydrogen-bond acceptors (Lipinski definition) is 3. The molecule has 1 rings (SSSR count). The predicted octanol–water partition coefficient (Wildman–Crippen LogP) is 2.57. The maximum Gasteiger partial charge on any atom is 0.181 e. The summed E-state index contributed by atoms with van der Waals surface area (Å²) in [6.45, 7) is 5.82. The molecule has 0 radical (unpaired) electrons. The van der Waals surface area contributed by atoms with E-state index in [4.69, 9.17) is 10.00 Å². The summed E-state index contributed by atoms with van der Waals surface area (Å²) in [6.07, 6.45) is -0.426. The maximum atomic E-state index is 8.76. The van der Waals surface area contributed by atoms with Crippen LogP contribution in [0, 0.1) is 18.3 Å². The molecule has 0 aromatic heterocycles. The molecule has 0 heterocycles. The maximum absolute atomic E-state index is 8.76. The van der Waals surface area contributed by atoms with E-state index in [-0.39, 0.29) is 6.04 Å². The van der Waals surface area contributed by atoms with E-state index >= 15 is 0 Å². The molecule has 1 aromatic carbocycles. The van der Waals surface area contributed by atoms with Crippen LogP contribution >= 0.6 is 0 Å².